The first kappa shape index (κ1) is 17.8. The molecule has 0 atom stereocenters. The number of hydrogen-bond donors (Lipinski definition) is 1. The SMILES string of the molecule is Cc1ccnc(NC(=O)Cn2nc(C)c3c(C(F)(F)F)cc(C)nc32)c1. The van der Waals surface area contributed by atoms with Crippen molar-refractivity contribution in [2.75, 3.05) is 5.32 Å². The van der Waals surface area contributed by atoms with E-state index in [0.717, 1.165) is 11.6 Å². The third kappa shape index (κ3) is 3.51. The van der Waals surface area contributed by atoms with E-state index >= 15 is 0 Å². The second kappa shape index (κ2) is 6.40. The van der Waals surface area contributed by atoms with Gasteiger partial charge in [0.25, 0.3) is 0 Å². The van der Waals surface area contributed by atoms with E-state index in [-0.39, 0.29) is 29.0 Å². The van der Waals surface area contributed by atoms with E-state index in [4.69, 9.17) is 0 Å². The number of nitrogens with one attached hydrogen (secondary N) is 1. The summed E-state index contributed by atoms with van der Waals surface area (Å²) in [5.41, 5.74) is 0.516. The molecule has 0 aliphatic heterocycles. The number of amides is 1. The van der Waals surface area contributed by atoms with Crippen molar-refractivity contribution in [2.45, 2.75) is 33.5 Å². The lowest BCUT2D eigenvalue weighted by Gasteiger charge is -2.10. The molecule has 0 bridgehead atoms. The first-order chi connectivity index (χ1) is 12.1. The summed E-state index contributed by atoms with van der Waals surface area (Å²) in [5, 5.41) is 6.59. The van der Waals surface area contributed by atoms with Gasteiger partial charge >= 0.3 is 6.18 Å². The number of halogens is 3. The van der Waals surface area contributed by atoms with Gasteiger partial charge in [0.1, 0.15) is 12.4 Å². The van der Waals surface area contributed by atoms with Crippen LogP contribution in [-0.2, 0) is 17.5 Å². The highest BCUT2D eigenvalue weighted by atomic mass is 19.4. The molecule has 136 valence electrons. The smallest absolute Gasteiger partial charge is 0.309 e. The van der Waals surface area contributed by atoms with E-state index in [0.29, 0.717) is 5.82 Å². The van der Waals surface area contributed by atoms with Crippen LogP contribution in [-0.4, -0.2) is 25.7 Å². The summed E-state index contributed by atoms with van der Waals surface area (Å²) in [5.74, 6) is -0.0901. The zero-order valence-corrected chi connectivity index (χ0v) is 14.3. The topological polar surface area (TPSA) is 72.7 Å². The van der Waals surface area contributed by atoms with E-state index < -0.39 is 17.6 Å². The number of aryl methyl sites for hydroxylation is 3. The predicted octanol–water partition coefficient (Wildman–Crippen LogP) is 3.41. The van der Waals surface area contributed by atoms with Crippen LogP contribution in [0.4, 0.5) is 19.0 Å². The highest BCUT2D eigenvalue weighted by Gasteiger charge is 2.35. The summed E-state index contributed by atoms with van der Waals surface area (Å²) in [4.78, 5) is 20.4. The van der Waals surface area contributed by atoms with Crippen LogP contribution in [0, 0.1) is 20.8 Å². The van der Waals surface area contributed by atoms with Gasteiger partial charge in [-0.3, -0.25) is 4.79 Å². The quantitative estimate of drug-likeness (QED) is 0.774. The maximum atomic E-state index is 13.3. The fraction of sp³-hybridized carbons (Fsp3) is 0.294. The Hall–Kier alpha value is -2.97. The van der Waals surface area contributed by atoms with Gasteiger partial charge in [-0.2, -0.15) is 18.3 Å². The molecule has 0 saturated heterocycles. The molecule has 0 saturated carbocycles. The van der Waals surface area contributed by atoms with Gasteiger partial charge in [-0.25, -0.2) is 14.6 Å². The van der Waals surface area contributed by atoms with Crippen molar-refractivity contribution in [3.63, 3.8) is 0 Å². The Kier molecular flexibility index (Phi) is 4.39. The zero-order valence-electron chi connectivity index (χ0n) is 14.3. The fourth-order valence-electron chi connectivity index (χ4n) is 2.74. The highest BCUT2D eigenvalue weighted by Crippen LogP contribution is 2.36. The third-order valence-electron chi connectivity index (χ3n) is 3.79. The van der Waals surface area contributed by atoms with Crippen molar-refractivity contribution >= 4 is 22.8 Å². The molecule has 0 unspecified atom stereocenters. The minimum atomic E-state index is -4.53. The molecule has 26 heavy (non-hydrogen) atoms. The molecule has 3 aromatic heterocycles. The Balaban J connectivity index is 1.96. The monoisotopic (exact) mass is 363 g/mol. The first-order valence-electron chi connectivity index (χ1n) is 7.79. The molecular formula is C17H16F3N5O. The van der Waals surface area contributed by atoms with Gasteiger partial charge in [-0.05, 0) is 44.5 Å². The highest BCUT2D eigenvalue weighted by molar-refractivity contribution is 5.91. The van der Waals surface area contributed by atoms with Gasteiger partial charge in [0, 0.05) is 11.9 Å². The van der Waals surface area contributed by atoms with Crippen molar-refractivity contribution in [3.8, 4) is 0 Å². The average Bonchev–Trinajstić information content (AvgIpc) is 2.81. The number of aromatic nitrogens is 4. The molecular weight excluding hydrogens is 347 g/mol. The van der Waals surface area contributed by atoms with Gasteiger partial charge in [0.15, 0.2) is 5.65 Å². The second-order valence-electron chi connectivity index (χ2n) is 6.02. The normalized spacial score (nSPS) is 11.8. The lowest BCUT2D eigenvalue weighted by atomic mass is 10.1. The number of fused-ring (bicyclic) bond motifs is 1. The minimum absolute atomic E-state index is 0.0298. The molecule has 3 aromatic rings. The average molecular weight is 363 g/mol. The van der Waals surface area contributed by atoms with Crippen LogP contribution in [0.3, 0.4) is 0 Å². The number of pyridine rings is 2. The van der Waals surface area contributed by atoms with Crippen LogP contribution in [0.5, 0.6) is 0 Å². The van der Waals surface area contributed by atoms with Crippen molar-refractivity contribution in [3.05, 3.63) is 46.9 Å². The summed E-state index contributed by atoms with van der Waals surface area (Å²) in [6, 6.07) is 4.46. The molecule has 6 nitrogen and oxygen atoms in total. The van der Waals surface area contributed by atoms with Crippen molar-refractivity contribution in [2.24, 2.45) is 0 Å². The molecule has 3 rings (SSSR count). The van der Waals surface area contributed by atoms with Crippen LogP contribution >= 0.6 is 0 Å². The molecule has 0 aliphatic carbocycles. The minimum Gasteiger partial charge on any atom is -0.309 e. The molecule has 3 heterocycles. The number of nitrogens with zero attached hydrogens (tertiary/aromatic N) is 4. The Bertz CT molecular complexity index is 994. The zero-order chi connectivity index (χ0) is 19.1. The Morgan fingerprint density at radius 2 is 1.96 bits per heavy atom. The Morgan fingerprint density at radius 1 is 1.23 bits per heavy atom. The second-order valence-corrected chi connectivity index (χ2v) is 6.02. The summed E-state index contributed by atoms with van der Waals surface area (Å²) >= 11 is 0. The molecule has 9 heteroatoms. The van der Waals surface area contributed by atoms with E-state index in [9.17, 15) is 18.0 Å². The number of hydrogen-bond acceptors (Lipinski definition) is 4. The van der Waals surface area contributed by atoms with Crippen LogP contribution in [0.2, 0.25) is 0 Å². The van der Waals surface area contributed by atoms with E-state index in [1.54, 1.807) is 18.3 Å². The number of carbonyl (C=O) groups excluding carboxylic acids is 1. The van der Waals surface area contributed by atoms with Gasteiger partial charge in [0.2, 0.25) is 5.91 Å². The van der Waals surface area contributed by atoms with E-state index in [1.807, 2.05) is 6.92 Å². The molecule has 0 radical (unpaired) electrons. The van der Waals surface area contributed by atoms with E-state index in [2.05, 4.69) is 20.4 Å². The molecule has 1 amide bonds. The summed E-state index contributed by atoms with van der Waals surface area (Å²) in [7, 11) is 0. The van der Waals surface area contributed by atoms with Gasteiger partial charge in [-0.1, -0.05) is 0 Å². The predicted molar refractivity (Wildman–Crippen MR) is 89.6 cm³/mol. The van der Waals surface area contributed by atoms with Crippen LogP contribution < -0.4 is 5.32 Å². The van der Waals surface area contributed by atoms with Crippen molar-refractivity contribution in [1.29, 1.82) is 0 Å². The molecule has 0 aliphatic rings. The van der Waals surface area contributed by atoms with Crippen LogP contribution in [0.25, 0.3) is 11.0 Å². The lowest BCUT2D eigenvalue weighted by molar-refractivity contribution is -0.136. The van der Waals surface area contributed by atoms with Gasteiger partial charge in [0.05, 0.1) is 16.6 Å². The molecule has 1 N–H and O–H groups in total. The number of rotatable bonds is 3. The Morgan fingerprint density at radius 3 is 2.62 bits per heavy atom. The fourth-order valence-corrected chi connectivity index (χ4v) is 2.74. The maximum Gasteiger partial charge on any atom is 0.417 e. The summed E-state index contributed by atoms with van der Waals surface area (Å²) < 4.78 is 41.1. The van der Waals surface area contributed by atoms with Crippen molar-refractivity contribution in [1.82, 2.24) is 19.7 Å². The number of alkyl halides is 3. The standard InChI is InChI=1S/C17H16F3N5O/c1-9-4-5-21-13(6-9)23-14(26)8-25-16-15(11(3)24-25)12(17(18,19)20)7-10(2)22-16/h4-7H,8H2,1-3H3,(H,21,23,26). The van der Waals surface area contributed by atoms with E-state index in [1.165, 1.54) is 18.5 Å². The molecule has 0 fully saturated rings. The van der Waals surface area contributed by atoms with Crippen LogP contribution in [0.1, 0.15) is 22.5 Å². The molecule has 0 aromatic carbocycles. The largest absolute Gasteiger partial charge is 0.417 e. The van der Waals surface area contributed by atoms with Gasteiger partial charge < -0.3 is 5.32 Å². The molecule has 0 spiro atoms. The van der Waals surface area contributed by atoms with Crippen LogP contribution in [0.15, 0.2) is 24.4 Å². The Labute approximate surface area is 147 Å². The number of anilines is 1. The summed E-state index contributed by atoms with van der Waals surface area (Å²) in [6.07, 6.45) is -2.97. The number of carbonyl (C=O) groups is 1. The summed E-state index contributed by atoms with van der Waals surface area (Å²) in [6.45, 7) is 4.52. The first-order valence-corrected chi connectivity index (χ1v) is 7.79. The van der Waals surface area contributed by atoms with Gasteiger partial charge in [-0.15, -0.1) is 0 Å². The lowest BCUT2D eigenvalue weighted by Crippen LogP contribution is -2.20. The van der Waals surface area contributed by atoms with Crippen molar-refractivity contribution < 1.29 is 18.0 Å². The maximum absolute atomic E-state index is 13.3. The third-order valence-corrected chi connectivity index (χ3v) is 3.79.